The van der Waals surface area contributed by atoms with Crippen LogP contribution in [0.15, 0.2) is 12.1 Å². The van der Waals surface area contributed by atoms with E-state index in [4.69, 9.17) is 9.47 Å². The van der Waals surface area contributed by atoms with E-state index in [-0.39, 0.29) is 30.6 Å². The molecule has 1 heterocycles. The molecule has 1 aromatic heterocycles. The molecule has 21 heavy (non-hydrogen) atoms. The fraction of sp³-hybridized carbons (Fsp3) is 0.615. The largest absolute Gasteiger partial charge is 0.481 e. The number of unbranched alkanes of at least 4 members (excludes halogenated alkanes) is 1. The molecule has 1 atom stereocenters. The van der Waals surface area contributed by atoms with Crippen LogP contribution < -0.4 is 10.1 Å². The topological polar surface area (TPSA) is 107 Å². The first-order valence-electron chi connectivity index (χ1n) is 6.76. The summed E-state index contributed by atoms with van der Waals surface area (Å²) in [5, 5.41) is 23.1. The summed E-state index contributed by atoms with van der Waals surface area (Å²) in [7, 11) is 1.43. The van der Waals surface area contributed by atoms with Crippen molar-refractivity contribution in [3.05, 3.63) is 22.2 Å². The molecule has 0 bridgehead atoms. The van der Waals surface area contributed by atoms with Crippen molar-refractivity contribution in [1.29, 1.82) is 0 Å². The number of pyridine rings is 1. The van der Waals surface area contributed by atoms with Gasteiger partial charge in [0.05, 0.1) is 31.3 Å². The van der Waals surface area contributed by atoms with Crippen molar-refractivity contribution in [2.75, 3.05) is 32.2 Å². The fourth-order valence-electron chi connectivity index (χ4n) is 1.61. The van der Waals surface area contributed by atoms with Crippen molar-refractivity contribution in [2.24, 2.45) is 0 Å². The summed E-state index contributed by atoms with van der Waals surface area (Å²) >= 11 is 0. The maximum absolute atomic E-state index is 11.0. The molecule has 0 aliphatic carbocycles. The Hall–Kier alpha value is -1.93. The summed E-state index contributed by atoms with van der Waals surface area (Å²) in [6.45, 7) is 2.66. The molecule has 1 rings (SSSR count). The molecular formula is C13H21N3O5. The molecule has 8 nitrogen and oxygen atoms in total. The van der Waals surface area contributed by atoms with E-state index in [1.807, 2.05) is 0 Å². The zero-order valence-corrected chi connectivity index (χ0v) is 12.2. The summed E-state index contributed by atoms with van der Waals surface area (Å²) in [6.07, 6.45) is 1.94. The van der Waals surface area contributed by atoms with Gasteiger partial charge in [0.1, 0.15) is 0 Å². The number of aliphatic hydroxyl groups excluding tert-OH is 1. The van der Waals surface area contributed by atoms with Crippen LogP contribution in [0.3, 0.4) is 0 Å². The molecule has 0 fully saturated rings. The van der Waals surface area contributed by atoms with Crippen molar-refractivity contribution < 1.29 is 19.5 Å². The maximum atomic E-state index is 11.0. The van der Waals surface area contributed by atoms with E-state index in [9.17, 15) is 15.2 Å². The highest BCUT2D eigenvalue weighted by molar-refractivity contribution is 5.57. The Morgan fingerprint density at radius 3 is 2.86 bits per heavy atom. The number of aromatic nitrogens is 1. The molecule has 118 valence electrons. The summed E-state index contributed by atoms with van der Waals surface area (Å²) in [4.78, 5) is 14.4. The van der Waals surface area contributed by atoms with Crippen LogP contribution in [0, 0.1) is 10.1 Å². The number of rotatable bonds is 10. The standard InChI is InChI=1S/C13H21N3O5/c1-3-4-7-21-9-10(8-17)14-13-11(16(18)19)5-6-12(15-13)20-2/h5-6,10,17H,3-4,7-9H2,1-2H3,(H,14,15)/t10-/m1/s1. The summed E-state index contributed by atoms with van der Waals surface area (Å²) in [5.41, 5.74) is -0.178. The smallest absolute Gasteiger partial charge is 0.311 e. The van der Waals surface area contributed by atoms with Gasteiger partial charge in [0, 0.05) is 18.7 Å². The lowest BCUT2D eigenvalue weighted by atomic mass is 10.3. The highest BCUT2D eigenvalue weighted by Crippen LogP contribution is 2.25. The number of methoxy groups -OCH3 is 1. The van der Waals surface area contributed by atoms with Gasteiger partial charge in [0.25, 0.3) is 0 Å². The first-order chi connectivity index (χ1) is 10.1. The van der Waals surface area contributed by atoms with Gasteiger partial charge < -0.3 is 19.9 Å². The summed E-state index contributed by atoms with van der Waals surface area (Å²) in [6, 6.07) is 2.25. The molecule has 0 unspecified atom stereocenters. The second-order valence-corrected chi connectivity index (χ2v) is 4.43. The lowest BCUT2D eigenvalue weighted by Crippen LogP contribution is -2.30. The van der Waals surface area contributed by atoms with Gasteiger partial charge in [-0.1, -0.05) is 13.3 Å². The number of anilines is 1. The molecular weight excluding hydrogens is 278 g/mol. The van der Waals surface area contributed by atoms with Crippen LogP contribution in [0.2, 0.25) is 0 Å². The zero-order chi connectivity index (χ0) is 15.7. The quantitative estimate of drug-likeness (QED) is 0.384. The molecule has 0 spiro atoms. The van der Waals surface area contributed by atoms with Crippen LogP contribution in [-0.2, 0) is 4.74 Å². The van der Waals surface area contributed by atoms with Crippen LogP contribution in [0.1, 0.15) is 19.8 Å². The number of ether oxygens (including phenoxy) is 2. The lowest BCUT2D eigenvalue weighted by molar-refractivity contribution is -0.384. The van der Waals surface area contributed by atoms with Crippen LogP contribution in [-0.4, -0.2) is 48.0 Å². The Balaban J connectivity index is 2.75. The van der Waals surface area contributed by atoms with E-state index >= 15 is 0 Å². The normalized spacial score (nSPS) is 12.0. The first-order valence-corrected chi connectivity index (χ1v) is 6.76. The average molecular weight is 299 g/mol. The van der Waals surface area contributed by atoms with Crippen molar-refractivity contribution in [3.63, 3.8) is 0 Å². The Labute approximate surface area is 123 Å². The molecule has 0 aromatic carbocycles. The van der Waals surface area contributed by atoms with Crippen LogP contribution in [0.4, 0.5) is 11.5 Å². The average Bonchev–Trinajstić information content (AvgIpc) is 2.49. The number of nitrogens with one attached hydrogen (secondary N) is 1. The number of nitro groups is 1. The Kier molecular flexibility index (Phi) is 7.41. The lowest BCUT2D eigenvalue weighted by Gasteiger charge is -2.17. The third-order valence-electron chi connectivity index (χ3n) is 2.78. The maximum Gasteiger partial charge on any atom is 0.311 e. The molecule has 0 amide bonds. The van der Waals surface area contributed by atoms with Gasteiger partial charge in [-0.25, -0.2) is 0 Å². The van der Waals surface area contributed by atoms with Crippen LogP contribution in [0.5, 0.6) is 5.88 Å². The van der Waals surface area contributed by atoms with E-state index in [0.29, 0.717) is 6.61 Å². The molecule has 1 aromatic rings. The molecule has 8 heteroatoms. The minimum Gasteiger partial charge on any atom is -0.481 e. The van der Waals surface area contributed by atoms with Gasteiger partial charge >= 0.3 is 5.69 Å². The van der Waals surface area contributed by atoms with Crippen LogP contribution in [0.25, 0.3) is 0 Å². The zero-order valence-electron chi connectivity index (χ0n) is 12.2. The molecule has 2 N–H and O–H groups in total. The summed E-state index contributed by atoms with van der Waals surface area (Å²) in [5.74, 6) is 0.309. The SMILES string of the molecule is CCCCOC[C@@H](CO)Nc1nc(OC)ccc1[N+](=O)[O-]. The number of hydrogen-bond acceptors (Lipinski definition) is 7. The minimum atomic E-state index is -0.541. The van der Waals surface area contributed by atoms with Crippen molar-refractivity contribution in [2.45, 2.75) is 25.8 Å². The van der Waals surface area contributed by atoms with Gasteiger partial charge in [-0.15, -0.1) is 0 Å². The predicted molar refractivity (Wildman–Crippen MR) is 77.7 cm³/mol. The van der Waals surface area contributed by atoms with E-state index in [2.05, 4.69) is 17.2 Å². The van der Waals surface area contributed by atoms with E-state index in [0.717, 1.165) is 12.8 Å². The molecule has 0 saturated carbocycles. The molecule has 0 aliphatic rings. The second kappa shape index (κ2) is 9.09. The van der Waals surface area contributed by atoms with E-state index in [1.165, 1.54) is 19.2 Å². The van der Waals surface area contributed by atoms with Gasteiger partial charge in [0.15, 0.2) is 0 Å². The highest BCUT2D eigenvalue weighted by Gasteiger charge is 2.19. The Morgan fingerprint density at radius 1 is 1.52 bits per heavy atom. The second-order valence-electron chi connectivity index (χ2n) is 4.43. The Morgan fingerprint density at radius 2 is 2.29 bits per heavy atom. The molecule has 0 aliphatic heterocycles. The Bertz CT molecular complexity index is 455. The fourth-order valence-corrected chi connectivity index (χ4v) is 1.61. The van der Waals surface area contributed by atoms with Gasteiger partial charge in [0.2, 0.25) is 11.7 Å². The first kappa shape index (κ1) is 17.1. The third kappa shape index (κ3) is 5.52. The van der Waals surface area contributed by atoms with Crippen LogP contribution >= 0.6 is 0 Å². The van der Waals surface area contributed by atoms with Gasteiger partial charge in [-0.2, -0.15) is 4.98 Å². The van der Waals surface area contributed by atoms with E-state index < -0.39 is 11.0 Å². The van der Waals surface area contributed by atoms with E-state index in [1.54, 1.807) is 0 Å². The number of aliphatic hydroxyl groups is 1. The molecule has 0 radical (unpaired) electrons. The predicted octanol–water partition coefficient (Wildman–Crippen LogP) is 1.59. The number of nitrogens with zero attached hydrogens (tertiary/aromatic N) is 2. The number of hydrogen-bond donors (Lipinski definition) is 2. The summed E-state index contributed by atoms with van der Waals surface area (Å²) < 4.78 is 10.4. The van der Waals surface area contributed by atoms with Crippen molar-refractivity contribution >= 4 is 11.5 Å². The van der Waals surface area contributed by atoms with Crippen molar-refractivity contribution in [3.8, 4) is 5.88 Å². The van der Waals surface area contributed by atoms with Gasteiger partial charge in [-0.3, -0.25) is 10.1 Å². The monoisotopic (exact) mass is 299 g/mol. The minimum absolute atomic E-state index is 0.0532. The van der Waals surface area contributed by atoms with Crippen molar-refractivity contribution in [1.82, 2.24) is 4.98 Å². The molecule has 0 saturated heterocycles. The van der Waals surface area contributed by atoms with Gasteiger partial charge in [-0.05, 0) is 6.42 Å². The third-order valence-corrected chi connectivity index (χ3v) is 2.78. The highest BCUT2D eigenvalue weighted by atomic mass is 16.6.